The second-order valence-corrected chi connectivity index (χ2v) is 4.85. The van der Waals surface area contributed by atoms with Crippen LogP contribution in [0.25, 0.3) is 0 Å². The lowest BCUT2D eigenvalue weighted by Gasteiger charge is -2.17. The maximum atomic E-state index is 8.82. The lowest BCUT2D eigenvalue weighted by Crippen LogP contribution is -2.22. The molecule has 1 fully saturated rings. The molecule has 0 saturated heterocycles. The second-order valence-electron chi connectivity index (χ2n) is 4.85. The van der Waals surface area contributed by atoms with Gasteiger partial charge in [-0.15, -0.1) is 0 Å². The predicted octanol–water partition coefficient (Wildman–Crippen LogP) is 1.54. The third-order valence-corrected chi connectivity index (χ3v) is 3.33. The van der Waals surface area contributed by atoms with Crippen molar-refractivity contribution in [2.45, 2.75) is 44.6 Å². The van der Waals surface area contributed by atoms with E-state index in [-0.39, 0.29) is 6.61 Å². The van der Waals surface area contributed by atoms with Gasteiger partial charge >= 0.3 is 0 Å². The van der Waals surface area contributed by atoms with Crippen LogP contribution in [0.2, 0.25) is 0 Å². The molecule has 5 heteroatoms. The van der Waals surface area contributed by atoms with Crippen molar-refractivity contribution < 1.29 is 9.63 Å². The minimum Gasteiger partial charge on any atom is -0.395 e. The Morgan fingerprint density at radius 1 is 1.35 bits per heavy atom. The Balaban J connectivity index is 1.90. The Bertz CT molecular complexity index is 334. The first-order valence-electron chi connectivity index (χ1n) is 6.41. The number of aliphatic hydroxyl groups excluding tert-OH is 1. The first kappa shape index (κ1) is 12.5. The highest BCUT2D eigenvalue weighted by Crippen LogP contribution is 2.31. The van der Waals surface area contributed by atoms with Gasteiger partial charge < -0.3 is 9.63 Å². The molecule has 1 aliphatic rings. The molecule has 0 radical (unpaired) electrons. The normalized spacial score (nSPS) is 17.8. The number of hydrogen-bond acceptors (Lipinski definition) is 5. The van der Waals surface area contributed by atoms with Crippen molar-refractivity contribution in [3.8, 4) is 0 Å². The van der Waals surface area contributed by atoms with Crippen LogP contribution in [0.1, 0.15) is 49.7 Å². The molecule has 0 aromatic carbocycles. The van der Waals surface area contributed by atoms with Crippen LogP contribution in [0.3, 0.4) is 0 Å². The highest BCUT2D eigenvalue weighted by molar-refractivity contribution is 4.95. The zero-order valence-electron chi connectivity index (χ0n) is 10.4. The smallest absolute Gasteiger partial charge is 0.229 e. The Kier molecular flexibility index (Phi) is 4.50. The molecule has 1 N–H and O–H groups in total. The Morgan fingerprint density at radius 2 is 2.12 bits per heavy atom. The van der Waals surface area contributed by atoms with Gasteiger partial charge in [0, 0.05) is 12.5 Å². The van der Waals surface area contributed by atoms with Gasteiger partial charge in [-0.05, 0) is 19.9 Å². The Hall–Kier alpha value is -0.940. The van der Waals surface area contributed by atoms with Gasteiger partial charge in [-0.3, -0.25) is 4.90 Å². The lowest BCUT2D eigenvalue weighted by molar-refractivity contribution is 0.213. The van der Waals surface area contributed by atoms with Gasteiger partial charge in [-0.1, -0.05) is 24.4 Å². The highest BCUT2D eigenvalue weighted by atomic mass is 16.5. The quantitative estimate of drug-likeness (QED) is 0.844. The molecule has 0 atom stereocenters. The summed E-state index contributed by atoms with van der Waals surface area (Å²) >= 11 is 0. The van der Waals surface area contributed by atoms with Crippen molar-refractivity contribution in [1.29, 1.82) is 0 Å². The van der Waals surface area contributed by atoms with Crippen molar-refractivity contribution in [3.05, 3.63) is 11.7 Å². The molecule has 1 saturated carbocycles. The Morgan fingerprint density at radius 3 is 2.82 bits per heavy atom. The van der Waals surface area contributed by atoms with E-state index in [1.807, 2.05) is 11.9 Å². The predicted molar refractivity (Wildman–Crippen MR) is 63.5 cm³/mol. The van der Waals surface area contributed by atoms with Gasteiger partial charge in [0.05, 0.1) is 13.2 Å². The van der Waals surface area contributed by atoms with Crippen LogP contribution in [-0.4, -0.2) is 40.3 Å². The second kappa shape index (κ2) is 6.12. The summed E-state index contributed by atoms with van der Waals surface area (Å²) in [4.78, 5) is 6.44. The fourth-order valence-corrected chi connectivity index (χ4v) is 2.34. The van der Waals surface area contributed by atoms with Gasteiger partial charge in [-0.25, -0.2) is 0 Å². The summed E-state index contributed by atoms with van der Waals surface area (Å²) in [6.45, 7) is 1.42. The third-order valence-electron chi connectivity index (χ3n) is 3.33. The number of rotatable bonds is 5. The zero-order valence-corrected chi connectivity index (χ0v) is 10.4. The highest BCUT2D eigenvalue weighted by Gasteiger charge is 2.21. The number of hydrogen-bond donors (Lipinski definition) is 1. The van der Waals surface area contributed by atoms with Crippen LogP contribution in [0, 0.1) is 0 Å². The monoisotopic (exact) mass is 239 g/mol. The third kappa shape index (κ3) is 3.51. The van der Waals surface area contributed by atoms with Crippen molar-refractivity contribution in [1.82, 2.24) is 15.0 Å². The summed E-state index contributed by atoms with van der Waals surface area (Å²) < 4.78 is 5.33. The number of nitrogens with zero attached hydrogens (tertiary/aromatic N) is 3. The molecule has 0 unspecified atom stereocenters. The van der Waals surface area contributed by atoms with Gasteiger partial charge in [0.2, 0.25) is 5.89 Å². The molecular formula is C12H21N3O2. The average molecular weight is 239 g/mol. The van der Waals surface area contributed by atoms with Gasteiger partial charge in [0.25, 0.3) is 0 Å². The van der Waals surface area contributed by atoms with Crippen LogP contribution in [0.15, 0.2) is 4.52 Å². The van der Waals surface area contributed by atoms with Crippen LogP contribution in [0.5, 0.6) is 0 Å². The summed E-state index contributed by atoms with van der Waals surface area (Å²) in [5.74, 6) is 1.99. The van der Waals surface area contributed by atoms with Crippen molar-refractivity contribution >= 4 is 0 Å². The van der Waals surface area contributed by atoms with E-state index in [4.69, 9.17) is 9.63 Å². The summed E-state index contributed by atoms with van der Waals surface area (Å²) in [6, 6.07) is 0. The molecule has 0 bridgehead atoms. The van der Waals surface area contributed by atoms with Crippen LogP contribution >= 0.6 is 0 Å². The lowest BCUT2D eigenvalue weighted by atomic mass is 9.89. The topological polar surface area (TPSA) is 62.4 Å². The van der Waals surface area contributed by atoms with Crippen LogP contribution in [-0.2, 0) is 6.54 Å². The van der Waals surface area contributed by atoms with E-state index in [1.165, 1.54) is 32.1 Å². The molecule has 17 heavy (non-hydrogen) atoms. The number of aliphatic hydroxyl groups is 1. The molecule has 1 aromatic rings. The minimum absolute atomic E-state index is 0.157. The fraction of sp³-hybridized carbons (Fsp3) is 0.833. The SMILES string of the molecule is CN(CCO)Cc1noc(C2CCCCC2)n1. The summed E-state index contributed by atoms with van der Waals surface area (Å²) in [6.07, 6.45) is 6.22. The minimum atomic E-state index is 0.157. The van der Waals surface area contributed by atoms with Crippen LogP contribution in [0.4, 0.5) is 0 Å². The maximum absolute atomic E-state index is 8.82. The van der Waals surface area contributed by atoms with E-state index >= 15 is 0 Å². The first-order chi connectivity index (χ1) is 8.29. The van der Waals surface area contributed by atoms with Gasteiger partial charge in [0.15, 0.2) is 5.82 Å². The van der Waals surface area contributed by atoms with E-state index < -0.39 is 0 Å². The molecular weight excluding hydrogens is 218 g/mol. The zero-order chi connectivity index (χ0) is 12.1. The molecule has 1 aromatic heterocycles. The molecule has 1 heterocycles. The van der Waals surface area contributed by atoms with E-state index in [2.05, 4.69) is 10.1 Å². The van der Waals surface area contributed by atoms with Gasteiger partial charge in [0.1, 0.15) is 0 Å². The molecule has 1 aliphatic carbocycles. The van der Waals surface area contributed by atoms with Crippen molar-refractivity contribution in [2.24, 2.45) is 0 Å². The summed E-state index contributed by atoms with van der Waals surface area (Å²) in [7, 11) is 1.94. The molecule has 0 spiro atoms. The summed E-state index contributed by atoms with van der Waals surface area (Å²) in [5.41, 5.74) is 0. The largest absolute Gasteiger partial charge is 0.395 e. The Labute approximate surface area is 102 Å². The van der Waals surface area contributed by atoms with E-state index in [1.54, 1.807) is 0 Å². The number of likely N-dealkylation sites (N-methyl/N-ethyl adjacent to an activating group) is 1. The van der Waals surface area contributed by atoms with Crippen molar-refractivity contribution in [3.63, 3.8) is 0 Å². The maximum Gasteiger partial charge on any atom is 0.229 e. The molecule has 2 rings (SSSR count). The first-order valence-corrected chi connectivity index (χ1v) is 6.41. The van der Waals surface area contributed by atoms with Crippen molar-refractivity contribution in [2.75, 3.05) is 20.2 Å². The molecule has 5 nitrogen and oxygen atoms in total. The standard InChI is InChI=1S/C12H21N3O2/c1-15(7-8-16)9-11-13-12(17-14-11)10-5-3-2-4-6-10/h10,16H,2-9H2,1H3. The van der Waals surface area contributed by atoms with Gasteiger partial charge in [-0.2, -0.15) is 4.98 Å². The number of aromatic nitrogens is 2. The summed E-state index contributed by atoms with van der Waals surface area (Å²) in [5, 5.41) is 12.8. The van der Waals surface area contributed by atoms with E-state index in [0.29, 0.717) is 19.0 Å². The molecule has 0 amide bonds. The van der Waals surface area contributed by atoms with E-state index in [0.717, 1.165) is 11.7 Å². The van der Waals surface area contributed by atoms with E-state index in [9.17, 15) is 0 Å². The fourth-order valence-electron chi connectivity index (χ4n) is 2.34. The average Bonchev–Trinajstić information content (AvgIpc) is 2.79. The molecule has 0 aliphatic heterocycles. The van der Waals surface area contributed by atoms with Crippen LogP contribution < -0.4 is 0 Å². The molecule has 96 valence electrons.